The van der Waals surface area contributed by atoms with Crippen LogP contribution in [0.1, 0.15) is 233 Å². The number of rotatable bonds is 45. The van der Waals surface area contributed by atoms with Gasteiger partial charge in [0.15, 0.2) is 6.10 Å². The molecule has 6 heteroatoms. The molecule has 0 N–H and O–H groups in total. The number of hydrogen-bond acceptors (Lipinski definition) is 6. The van der Waals surface area contributed by atoms with Crippen LogP contribution in [-0.2, 0) is 28.6 Å². The maximum Gasteiger partial charge on any atom is 0.306 e. The van der Waals surface area contributed by atoms with Crippen molar-refractivity contribution in [2.45, 2.75) is 239 Å². The maximum absolute atomic E-state index is 12.7. The average Bonchev–Trinajstić information content (AvgIpc) is 3.27. The van der Waals surface area contributed by atoms with Gasteiger partial charge in [-0.05, 0) is 96.3 Å². The highest BCUT2D eigenvalue weighted by Crippen LogP contribution is 2.13. The number of ether oxygens (including phenoxy) is 3. The van der Waals surface area contributed by atoms with Crippen molar-refractivity contribution in [3.63, 3.8) is 0 Å². The summed E-state index contributed by atoms with van der Waals surface area (Å²) in [5, 5.41) is 0. The topological polar surface area (TPSA) is 78.9 Å². The van der Waals surface area contributed by atoms with Gasteiger partial charge < -0.3 is 14.2 Å². The predicted octanol–water partition coefficient (Wildman–Crippen LogP) is 16.8. The van der Waals surface area contributed by atoms with E-state index in [1.54, 1.807) is 0 Å². The Morgan fingerprint density at radius 2 is 0.629 bits per heavy atom. The Labute approximate surface area is 382 Å². The number of hydrogen-bond donors (Lipinski definition) is 0. The number of carbonyl (C=O) groups excluding carboxylic acids is 3. The van der Waals surface area contributed by atoms with Crippen LogP contribution in [0.25, 0.3) is 0 Å². The van der Waals surface area contributed by atoms with Crippen molar-refractivity contribution in [3.05, 3.63) is 85.1 Å². The summed E-state index contributed by atoms with van der Waals surface area (Å²) in [5.74, 6) is -0.929. The zero-order chi connectivity index (χ0) is 45.1. The second-order valence-electron chi connectivity index (χ2n) is 16.7. The minimum Gasteiger partial charge on any atom is -0.462 e. The van der Waals surface area contributed by atoms with Gasteiger partial charge in [0.05, 0.1) is 0 Å². The first-order chi connectivity index (χ1) is 30.5. The summed E-state index contributed by atoms with van der Waals surface area (Å²) in [6.07, 6.45) is 64.3. The fourth-order valence-corrected chi connectivity index (χ4v) is 6.79. The third-order valence-electron chi connectivity index (χ3n) is 10.6. The van der Waals surface area contributed by atoms with Crippen LogP contribution in [0.5, 0.6) is 0 Å². The number of esters is 3. The monoisotopic (exact) mass is 863 g/mol. The second-order valence-corrected chi connectivity index (χ2v) is 16.7. The molecule has 0 rings (SSSR count). The number of allylic oxidation sites excluding steroid dienone is 14. The van der Waals surface area contributed by atoms with Crippen molar-refractivity contribution in [2.75, 3.05) is 13.2 Å². The fraction of sp³-hybridized carbons (Fsp3) is 0.696. The van der Waals surface area contributed by atoms with Crippen LogP contribution in [0.15, 0.2) is 85.1 Å². The zero-order valence-electron chi connectivity index (χ0n) is 40.4. The van der Waals surface area contributed by atoms with Crippen molar-refractivity contribution < 1.29 is 28.6 Å². The van der Waals surface area contributed by atoms with E-state index in [-0.39, 0.29) is 31.1 Å². The summed E-state index contributed by atoms with van der Waals surface area (Å²) >= 11 is 0. The highest BCUT2D eigenvalue weighted by Gasteiger charge is 2.19. The van der Waals surface area contributed by atoms with E-state index in [0.29, 0.717) is 19.3 Å². The largest absolute Gasteiger partial charge is 0.462 e. The van der Waals surface area contributed by atoms with E-state index in [2.05, 4.69) is 106 Å². The van der Waals surface area contributed by atoms with Crippen LogP contribution in [0.3, 0.4) is 0 Å². The quantitative estimate of drug-likeness (QED) is 0.0263. The summed E-state index contributed by atoms with van der Waals surface area (Å²) in [4.78, 5) is 37.8. The van der Waals surface area contributed by atoms with Gasteiger partial charge in [-0.2, -0.15) is 0 Å². The lowest BCUT2D eigenvalue weighted by molar-refractivity contribution is -0.167. The van der Waals surface area contributed by atoms with E-state index < -0.39 is 6.10 Å². The molecule has 0 fully saturated rings. The normalized spacial score (nSPS) is 12.8. The Bertz CT molecular complexity index is 1220. The summed E-state index contributed by atoms with van der Waals surface area (Å²) in [6.45, 7) is 6.44. The molecular formula is C56H94O6. The first-order valence-corrected chi connectivity index (χ1v) is 25.6. The molecule has 0 aromatic heterocycles. The Kier molecular flexibility index (Phi) is 47.5. The van der Waals surface area contributed by atoms with Gasteiger partial charge in [-0.25, -0.2) is 0 Å². The van der Waals surface area contributed by atoms with Gasteiger partial charge in [0.2, 0.25) is 0 Å². The number of carbonyl (C=O) groups is 3. The Morgan fingerprint density at radius 1 is 0.339 bits per heavy atom. The molecule has 0 aliphatic rings. The molecule has 0 aliphatic heterocycles. The average molecular weight is 863 g/mol. The summed E-state index contributed by atoms with van der Waals surface area (Å²) in [7, 11) is 0. The molecule has 0 radical (unpaired) electrons. The molecule has 0 aromatic carbocycles. The van der Waals surface area contributed by atoms with Gasteiger partial charge in [-0.1, -0.05) is 202 Å². The Balaban J connectivity index is 4.33. The molecule has 0 saturated carbocycles. The SMILES string of the molecule is CC/C=C\C/C=C\C/C=C\C/C=C\C/C=C\C/C=C\CCCCCCC(=O)OCC(COC(=O)CCCCCCCCCC)OC(=O)CCCCCCC/C=C\CCCCCC. The van der Waals surface area contributed by atoms with Crippen molar-refractivity contribution in [1.29, 1.82) is 0 Å². The predicted molar refractivity (Wildman–Crippen MR) is 265 cm³/mol. The lowest BCUT2D eigenvalue weighted by Crippen LogP contribution is -2.30. The molecule has 0 spiro atoms. The van der Waals surface area contributed by atoms with Gasteiger partial charge in [-0.3, -0.25) is 14.4 Å². The van der Waals surface area contributed by atoms with E-state index in [4.69, 9.17) is 14.2 Å². The van der Waals surface area contributed by atoms with Crippen molar-refractivity contribution >= 4 is 17.9 Å². The Morgan fingerprint density at radius 3 is 1.02 bits per heavy atom. The molecule has 1 unspecified atom stereocenters. The molecule has 1 atom stereocenters. The molecule has 62 heavy (non-hydrogen) atoms. The van der Waals surface area contributed by atoms with E-state index in [9.17, 15) is 14.4 Å². The van der Waals surface area contributed by atoms with Crippen LogP contribution >= 0.6 is 0 Å². The maximum atomic E-state index is 12.7. The molecule has 354 valence electrons. The van der Waals surface area contributed by atoms with Crippen molar-refractivity contribution in [2.24, 2.45) is 0 Å². The van der Waals surface area contributed by atoms with Gasteiger partial charge in [-0.15, -0.1) is 0 Å². The molecule has 0 bridgehead atoms. The lowest BCUT2D eigenvalue weighted by Gasteiger charge is -2.18. The van der Waals surface area contributed by atoms with E-state index >= 15 is 0 Å². The van der Waals surface area contributed by atoms with Crippen LogP contribution in [0.2, 0.25) is 0 Å². The molecule has 0 amide bonds. The third-order valence-corrected chi connectivity index (χ3v) is 10.6. The van der Waals surface area contributed by atoms with E-state index in [0.717, 1.165) is 122 Å². The lowest BCUT2D eigenvalue weighted by atomic mass is 10.1. The first-order valence-electron chi connectivity index (χ1n) is 25.6. The van der Waals surface area contributed by atoms with Crippen LogP contribution in [0.4, 0.5) is 0 Å². The van der Waals surface area contributed by atoms with Crippen molar-refractivity contribution in [3.8, 4) is 0 Å². The molecular weight excluding hydrogens is 769 g/mol. The zero-order valence-corrected chi connectivity index (χ0v) is 40.4. The van der Waals surface area contributed by atoms with Gasteiger partial charge in [0, 0.05) is 19.3 Å². The van der Waals surface area contributed by atoms with E-state index in [1.807, 2.05) is 0 Å². The van der Waals surface area contributed by atoms with E-state index in [1.165, 1.54) is 70.6 Å². The molecule has 6 nitrogen and oxygen atoms in total. The summed E-state index contributed by atoms with van der Waals surface area (Å²) in [5.41, 5.74) is 0. The van der Waals surface area contributed by atoms with Crippen LogP contribution in [-0.4, -0.2) is 37.2 Å². The van der Waals surface area contributed by atoms with Crippen molar-refractivity contribution in [1.82, 2.24) is 0 Å². The minimum absolute atomic E-state index is 0.0877. The van der Waals surface area contributed by atoms with Gasteiger partial charge in [0.25, 0.3) is 0 Å². The molecule has 0 heterocycles. The Hall–Kier alpha value is -3.41. The standard InChI is InChI=1S/C56H94O6/c1-4-7-10-13-16-19-21-23-24-25-26-27-28-29-30-31-32-34-35-37-40-43-46-49-55(58)61-52-53(51-60-54(57)48-45-42-39-18-15-12-9-6-3)62-56(59)50-47-44-41-38-36-33-22-20-17-14-11-8-5-2/h7,10,16,19-20,22-24,26-27,29-30,32,34,53H,4-6,8-9,11-15,17-18,21,25,28,31,33,35-52H2,1-3H3/b10-7-,19-16-,22-20-,24-23-,27-26-,30-29-,34-32-. The molecule has 0 aromatic rings. The second kappa shape index (κ2) is 50.2. The van der Waals surface area contributed by atoms with Gasteiger partial charge >= 0.3 is 17.9 Å². The fourth-order valence-electron chi connectivity index (χ4n) is 6.79. The summed E-state index contributed by atoms with van der Waals surface area (Å²) in [6, 6.07) is 0. The molecule has 0 aliphatic carbocycles. The third kappa shape index (κ3) is 47.6. The number of unbranched alkanes of at least 4 members (excludes halogenated alkanes) is 20. The highest BCUT2D eigenvalue weighted by atomic mass is 16.6. The smallest absolute Gasteiger partial charge is 0.306 e. The van der Waals surface area contributed by atoms with Gasteiger partial charge in [0.1, 0.15) is 13.2 Å². The minimum atomic E-state index is -0.788. The first kappa shape index (κ1) is 58.6. The summed E-state index contributed by atoms with van der Waals surface area (Å²) < 4.78 is 16.7. The van der Waals surface area contributed by atoms with Crippen LogP contribution < -0.4 is 0 Å². The molecule has 0 saturated heterocycles. The highest BCUT2D eigenvalue weighted by molar-refractivity contribution is 5.71. The van der Waals surface area contributed by atoms with Crippen LogP contribution in [0, 0.1) is 0 Å².